The second-order valence-corrected chi connectivity index (χ2v) is 6.01. The highest BCUT2D eigenvalue weighted by molar-refractivity contribution is 6.03. The molecule has 3 N–H and O–H groups in total. The van der Waals surface area contributed by atoms with Crippen molar-refractivity contribution >= 4 is 11.6 Å². The van der Waals surface area contributed by atoms with E-state index in [0.717, 1.165) is 16.8 Å². The SMILES string of the molecule is CC(C)(C)c1ccccc1NC(=O)c1ccc(CN)cn1. The first-order chi connectivity index (χ1) is 9.91. The van der Waals surface area contributed by atoms with Crippen LogP contribution in [0.5, 0.6) is 0 Å². The van der Waals surface area contributed by atoms with Crippen LogP contribution in [0.25, 0.3) is 0 Å². The molecule has 0 radical (unpaired) electrons. The molecule has 0 saturated carbocycles. The van der Waals surface area contributed by atoms with Crippen LogP contribution in [0.4, 0.5) is 5.69 Å². The molecule has 0 bridgehead atoms. The monoisotopic (exact) mass is 283 g/mol. The lowest BCUT2D eigenvalue weighted by atomic mass is 9.86. The van der Waals surface area contributed by atoms with E-state index in [1.165, 1.54) is 0 Å². The Labute approximate surface area is 125 Å². The maximum absolute atomic E-state index is 12.3. The second-order valence-electron chi connectivity index (χ2n) is 6.01. The Balaban J connectivity index is 2.23. The highest BCUT2D eigenvalue weighted by Crippen LogP contribution is 2.29. The number of hydrogen-bond acceptors (Lipinski definition) is 3. The molecule has 0 spiro atoms. The molecule has 1 aromatic carbocycles. The van der Waals surface area contributed by atoms with Crippen molar-refractivity contribution in [2.75, 3.05) is 5.32 Å². The number of carbonyl (C=O) groups excluding carboxylic acids is 1. The molecule has 2 rings (SSSR count). The second kappa shape index (κ2) is 6.06. The zero-order valence-electron chi connectivity index (χ0n) is 12.7. The Morgan fingerprint density at radius 2 is 1.90 bits per heavy atom. The molecule has 4 nitrogen and oxygen atoms in total. The Kier molecular flexibility index (Phi) is 4.38. The summed E-state index contributed by atoms with van der Waals surface area (Å²) in [7, 11) is 0. The maximum Gasteiger partial charge on any atom is 0.274 e. The molecule has 2 aromatic rings. The molecule has 21 heavy (non-hydrogen) atoms. The first-order valence-corrected chi connectivity index (χ1v) is 6.97. The number of nitrogens with zero attached hydrogens (tertiary/aromatic N) is 1. The molecule has 0 aliphatic carbocycles. The van der Waals surface area contributed by atoms with Crippen LogP contribution in [0.2, 0.25) is 0 Å². The quantitative estimate of drug-likeness (QED) is 0.909. The van der Waals surface area contributed by atoms with E-state index in [2.05, 4.69) is 31.1 Å². The van der Waals surface area contributed by atoms with E-state index >= 15 is 0 Å². The lowest BCUT2D eigenvalue weighted by Gasteiger charge is -2.22. The summed E-state index contributed by atoms with van der Waals surface area (Å²) < 4.78 is 0. The van der Waals surface area contributed by atoms with E-state index in [1.807, 2.05) is 30.3 Å². The minimum Gasteiger partial charge on any atom is -0.326 e. The van der Waals surface area contributed by atoms with E-state index in [0.29, 0.717) is 12.2 Å². The van der Waals surface area contributed by atoms with Crippen LogP contribution in [-0.4, -0.2) is 10.9 Å². The first kappa shape index (κ1) is 15.2. The fourth-order valence-electron chi connectivity index (χ4n) is 2.11. The highest BCUT2D eigenvalue weighted by atomic mass is 16.1. The number of hydrogen-bond donors (Lipinski definition) is 2. The zero-order chi connectivity index (χ0) is 15.5. The third-order valence-electron chi connectivity index (χ3n) is 3.28. The standard InChI is InChI=1S/C17H21N3O/c1-17(2,3)13-6-4-5-7-14(13)20-16(21)15-9-8-12(10-18)11-19-15/h4-9,11H,10,18H2,1-3H3,(H,20,21). The minimum atomic E-state index is -0.213. The van der Waals surface area contributed by atoms with Crippen LogP contribution in [0.1, 0.15) is 42.4 Å². The summed E-state index contributed by atoms with van der Waals surface area (Å²) in [6, 6.07) is 11.3. The van der Waals surface area contributed by atoms with Crippen LogP contribution in [-0.2, 0) is 12.0 Å². The number of pyridine rings is 1. The van der Waals surface area contributed by atoms with E-state index < -0.39 is 0 Å². The molecule has 0 fully saturated rings. The van der Waals surface area contributed by atoms with E-state index in [9.17, 15) is 4.79 Å². The number of rotatable bonds is 3. The van der Waals surface area contributed by atoms with Crippen LogP contribution >= 0.6 is 0 Å². The predicted octanol–water partition coefficient (Wildman–Crippen LogP) is 3.09. The van der Waals surface area contributed by atoms with Crippen molar-refractivity contribution in [2.24, 2.45) is 5.73 Å². The molecule has 4 heteroatoms. The van der Waals surface area contributed by atoms with Gasteiger partial charge in [-0.1, -0.05) is 45.0 Å². The van der Waals surface area contributed by atoms with Crippen molar-refractivity contribution in [1.29, 1.82) is 0 Å². The molecular formula is C17H21N3O. The summed E-state index contributed by atoms with van der Waals surface area (Å²) >= 11 is 0. The maximum atomic E-state index is 12.3. The molecular weight excluding hydrogens is 262 g/mol. The summed E-state index contributed by atoms with van der Waals surface area (Å²) in [5.74, 6) is -0.213. The third kappa shape index (κ3) is 3.67. The Morgan fingerprint density at radius 3 is 2.48 bits per heavy atom. The van der Waals surface area contributed by atoms with Crippen LogP contribution in [0, 0.1) is 0 Å². The predicted molar refractivity (Wildman–Crippen MR) is 85.2 cm³/mol. The van der Waals surface area contributed by atoms with Gasteiger partial charge in [0.1, 0.15) is 5.69 Å². The third-order valence-corrected chi connectivity index (χ3v) is 3.28. The fourth-order valence-corrected chi connectivity index (χ4v) is 2.11. The van der Waals surface area contributed by atoms with Gasteiger partial charge < -0.3 is 11.1 Å². The molecule has 110 valence electrons. The average Bonchev–Trinajstić information content (AvgIpc) is 2.47. The van der Waals surface area contributed by atoms with Gasteiger partial charge in [-0.2, -0.15) is 0 Å². The molecule has 0 atom stereocenters. The van der Waals surface area contributed by atoms with E-state index in [-0.39, 0.29) is 11.3 Å². The summed E-state index contributed by atoms with van der Waals surface area (Å²) in [6.07, 6.45) is 1.63. The molecule has 0 unspecified atom stereocenters. The summed E-state index contributed by atoms with van der Waals surface area (Å²) in [4.78, 5) is 16.4. The summed E-state index contributed by atoms with van der Waals surface area (Å²) in [5.41, 5.74) is 8.69. The molecule has 0 aliphatic heterocycles. The van der Waals surface area contributed by atoms with Crippen LogP contribution in [0.15, 0.2) is 42.6 Å². The topological polar surface area (TPSA) is 68.0 Å². The lowest BCUT2D eigenvalue weighted by molar-refractivity contribution is 0.102. The van der Waals surface area contributed by atoms with E-state index in [1.54, 1.807) is 12.3 Å². The first-order valence-electron chi connectivity index (χ1n) is 6.97. The number of nitrogens with one attached hydrogen (secondary N) is 1. The van der Waals surface area contributed by atoms with Crippen LogP contribution < -0.4 is 11.1 Å². The number of carbonyl (C=O) groups is 1. The van der Waals surface area contributed by atoms with Gasteiger partial charge >= 0.3 is 0 Å². The van der Waals surface area contributed by atoms with E-state index in [4.69, 9.17) is 5.73 Å². The van der Waals surface area contributed by atoms with Crippen molar-refractivity contribution in [3.05, 3.63) is 59.4 Å². The summed E-state index contributed by atoms with van der Waals surface area (Å²) in [6.45, 7) is 6.77. The average molecular weight is 283 g/mol. The van der Waals surface area contributed by atoms with Gasteiger partial charge in [0.15, 0.2) is 0 Å². The van der Waals surface area contributed by atoms with Crippen molar-refractivity contribution < 1.29 is 4.79 Å². The van der Waals surface area contributed by atoms with Gasteiger partial charge in [-0.3, -0.25) is 9.78 Å². The lowest BCUT2D eigenvalue weighted by Crippen LogP contribution is -2.19. The fraction of sp³-hybridized carbons (Fsp3) is 0.294. The Bertz CT molecular complexity index is 627. The number of nitrogens with two attached hydrogens (primary N) is 1. The number of benzene rings is 1. The van der Waals surface area contributed by atoms with Gasteiger partial charge in [0.25, 0.3) is 5.91 Å². The van der Waals surface area contributed by atoms with Gasteiger partial charge in [-0.25, -0.2) is 0 Å². The molecule has 0 saturated heterocycles. The smallest absolute Gasteiger partial charge is 0.274 e. The molecule has 1 aromatic heterocycles. The Morgan fingerprint density at radius 1 is 1.19 bits per heavy atom. The van der Waals surface area contributed by atoms with Gasteiger partial charge in [-0.15, -0.1) is 0 Å². The molecule has 1 heterocycles. The van der Waals surface area contributed by atoms with Crippen LogP contribution in [0.3, 0.4) is 0 Å². The Hall–Kier alpha value is -2.20. The number of para-hydroxylation sites is 1. The minimum absolute atomic E-state index is 0.0410. The largest absolute Gasteiger partial charge is 0.326 e. The molecule has 1 amide bonds. The molecule has 0 aliphatic rings. The van der Waals surface area contributed by atoms with Gasteiger partial charge in [0, 0.05) is 18.4 Å². The van der Waals surface area contributed by atoms with Gasteiger partial charge in [-0.05, 0) is 28.7 Å². The van der Waals surface area contributed by atoms with Crippen molar-refractivity contribution in [3.8, 4) is 0 Å². The normalized spacial score (nSPS) is 11.2. The van der Waals surface area contributed by atoms with Crippen molar-refractivity contribution in [2.45, 2.75) is 32.7 Å². The number of amides is 1. The van der Waals surface area contributed by atoms with Crippen molar-refractivity contribution in [1.82, 2.24) is 4.98 Å². The van der Waals surface area contributed by atoms with Gasteiger partial charge in [0.05, 0.1) is 0 Å². The highest BCUT2D eigenvalue weighted by Gasteiger charge is 2.19. The van der Waals surface area contributed by atoms with Crippen molar-refractivity contribution in [3.63, 3.8) is 0 Å². The number of aromatic nitrogens is 1. The summed E-state index contributed by atoms with van der Waals surface area (Å²) in [5, 5.41) is 2.94. The van der Waals surface area contributed by atoms with Gasteiger partial charge in [0.2, 0.25) is 0 Å². The number of anilines is 1. The zero-order valence-corrected chi connectivity index (χ0v) is 12.7.